The molecule has 2 amide bonds. The Morgan fingerprint density at radius 2 is 1.90 bits per heavy atom. The van der Waals surface area contributed by atoms with Gasteiger partial charge >= 0.3 is 0 Å². The summed E-state index contributed by atoms with van der Waals surface area (Å²) in [5.74, 6) is 1.44. The minimum absolute atomic E-state index is 0.0173. The lowest BCUT2D eigenvalue weighted by Gasteiger charge is -2.37. The van der Waals surface area contributed by atoms with Crippen molar-refractivity contribution in [1.82, 2.24) is 25.0 Å². The van der Waals surface area contributed by atoms with Crippen LogP contribution in [0.5, 0.6) is 11.5 Å². The number of fused-ring (bicyclic) bond motifs is 1. The zero-order valence-corrected chi connectivity index (χ0v) is 17.5. The fourth-order valence-corrected chi connectivity index (χ4v) is 4.37. The molecule has 1 unspecified atom stereocenters. The summed E-state index contributed by atoms with van der Waals surface area (Å²) in [5, 5.41) is 7.75. The smallest absolute Gasteiger partial charge is 0.245 e. The van der Waals surface area contributed by atoms with E-state index in [1.54, 1.807) is 4.90 Å². The highest BCUT2D eigenvalue weighted by Gasteiger charge is 2.39. The number of aromatic nitrogens is 2. The van der Waals surface area contributed by atoms with Crippen molar-refractivity contribution in [3.63, 3.8) is 0 Å². The Kier molecular flexibility index (Phi) is 5.23. The van der Waals surface area contributed by atoms with Crippen LogP contribution in [0.2, 0.25) is 0 Å². The second-order valence-corrected chi connectivity index (χ2v) is 8.16. The largest absolute Gasteiger partial charge is 0.454 e. The van der Waals surface area contributed by atoms with Crippen LogP contribution in [0.1, 0.15) is 29.8 Å². The predicted octanol–water partition coefficient (Wildman–Crippen LogP) is 0.942. The van der Waals surface area contributed by atoms with E-state index in [0.717, 1.165) is 30.0 Å². The van der Waals surface area contributed by atoms with Gasteiger partial charge < -0.3 is 19.3 Å². The first-order chi connectivity index (χ1) is 15.1. The molecule has 0 aliphatic carbocycles. The Morgan fingerprint density at radius 1 is 1.10 bits per heavy atom. The van der Waals surface area contributed by atoms with Crippen LogP contribution in [0.4, 0.5) is 0 Å². The lowest BCUT2D eigenvalue weighted by molar-refractivity contribution is -0.143. The second kappa shape index (κ2) is 8.18. The maximum atomic E-state index is 13.2. The van der Waals surface area contributed by atoms with Crippen LogP contribution in [-0.2, 0) is 22.7 Å². The topological polar surface area (TPSA) is 101 Å². The summed E-state index contributed by atoms with van der Waals surface area (Å²) in [6, 6.07) is 5.24. The van der Waals surface area contributed by atoms with Gasteiger partial charge in [0.25, 0.3) is 0 Å². The molecule has 1 aromatic carbocycles. The normalized spacial score (nSPS) is 21.2. The Hall–Kier alpha value is -3.14. The van der Waals surface area contributed by atoms with E-state index >= 15 is 0 Å². The number of ether oxygens (including phenoxy) is 2. The number of nitrogens with zero attached hydrogens (tertiary/aromatic N) is 5. The molecule has 4 heterocycles. The first-order valence-electron chi connectivity index (χ1n) is 10.6. The number of benzene rings is 1. The minimum Gasteiger partial charge on any atom is -0.454 e. The zero-order valence-electron chi connectivity index (χ0n) is 17.5. The Bertz CT molecular complexity index is 984. The van der Waals surface area contributed by atoms with Crippen molar-refractivity contribution in [2.24, 2.45) is 0 Å². The highest BCUT2D eigenvalue weighted by Crippen LogP contribution is 2.33. The molecule has 31 heavy (non-hydrogen) atoms. The number of likely N-dealkylation sites (tertiary alicyclic amines) is 1. The molecule has 0 bridgehead atoms. The molecular formula is C21H25N5O5. The highest BCUT2D eigenvalue weighted by molar-refractivity contribution is 5.91. The summed E-state index contributed by atoms with van der Waals surface area (Å²) in [5.41, 5.74) is 2.55. The van der Waals surface area contributed by atoms with Gasteiger partial charge in [-0.1, -0.05) is 16.4 Å². The van der Waals surface area contributed by atoms with Gasteiger partial charge in [0.15, 0.2) is 11.5 Å². The van der Waals surface area contributed by atoms with Gasteiger partial charge in [-0.15, -0.1) is 0 Å². The molecule has 164 valence electrons. The summed E-state index contributed by atoms with van der Waals surface area (Å²) in [6.45, 7) is 5.90. The summed E-state index contributed by atoms with van der Waals surface area (Å²) in [7, 11) is 0. The van der Waals surface area contributed by atoms with Gasteiger partial charge in [-0.2, -0.15) is 0 Å². The van der Waals surface area contributed by atoms with E-state index in [0.29, 0.717) is 50.5 Å². The quantitative estimate of drug-likeness (QED) is 0.695. The van der Waals surface area contributed by atoms with Crippen molar-refractivity contribution in [2.75, 3.05) is 33.0 Å². The van der Waals surface area contributed by atoms with Gasteiger partial charge in [0.2, 0.25) is 18.6 Å². The van der Waals surface area contributed by atoms with E-state index in [2.05, 4.69) is 15.2 Å². The highest BCUT2D eigenvalue weighted by atomic mass is 16.7. The lowest BCUT2D eigenvalue weighted by Crippen LogP contribution is -2.53. The third kappa shape index (κ3) is 3.95. The Labute approximate surface area is 179 Å². The molecule has 2 fully saturated rings. The third-order valence-electron chi connectivity index (χ3n) is 6.21. The van der Waals surface area contributed by atoms with Crippen LogP contribution < -0.4 is 9.47 Å². The Morgan fingerprint density at radius 3 is 2.68 bits per heavy atom. The van der Waals surface area contributed by atoms with E-state index in [1.807, 2.05) is 30.0 Å². The fraction of sp³-hybridized carbons (Fsp3) is 0.524. The van der Waals surface area contributed by atoms with Crippen LogP contribution in [0, 0.1) is 6.92 Å². The number of hydrogen-bond donors (Lipinski definition) is 0. The molecule has 1 aromatic heterocycles. The van der Waals surface area contributed by atoms with Crippen molar-refractivity contribution in [2.45, 2.75) is 38.9 Å². The SMILES string of the molecule is Cc1nonc1CN1CCN(C(=O)C2CCC(=O)N2Cc2ccc3c(c2)OCO3)CC1. The summed E-state index contributed by atoms with van der Waals surface area (Å²) in [4.78, 5) is 31.6. The monoisotopic (exact) mass is 427 g/mol. The zero-order chi connectivity index (χ0) is 21.4. The number of hydrogen-bond acceptors (Lipinski definition) is 8. The maximum Gasteiger partial charge on any atom is 0.245 e. The first-order valence-corrected chi connectivity index (χ1v) is 10.6. The van der Waals surface area contributed by atoms with Gasteiger partial charge in [-0.25, -0.2) is 4.63 Å². The number of carbonyl (C=O) groups is 2. The van der Waals surface area contributed by atoms with Crippen molar-refractivity contribution >= 4 is 11.8 Å². The van der Waals surface area contributed by atoms with E-state index in [4.69, 9.17) is 14.1 Å². The number of rotatable bonds is 5. The molecule has 0 saturated carbocycles. The standard InChI is InChI=1S/C21H25N5O5/c1-14-16(23-31-22-14)12-24-6-8-25(9-7-24)21(28)17-3-5-20(27)26(17)11-15-2-4-18-19(10-15)30-13-29-18/h2,4,10,17H,3,5-9,11-13H2,1H3. The van der Waals surface area contributed by atoms with Crippen LogP contribution >= 0.6 is 0 Å². The molecule has 2 saturated heterocycles. The predicted molar refractivity (Wildman–Crippen MR) is 107 cm³/mol. The van der Waals surface area contributed by atoms with Gasteiger partial charge in [-0.05, 0) is 31.0 Å². The molecule has 5 rings (SSSR count). The fourth-order valence-electron chi connectivity index (χ4n) is 4.37. The van der Waals surface area contributed by atoms with Crippen molar-refractivity contribution < 1.29 is 23.7 Å². The summed E-state index contributed by atoms with van der Waals surface area (Å²) >= 11 is 0. The molecule has 0 N–H and O–H groups in total. The molecule has 10 heteroatoms. The van der Waals surface area contributed by atoms with Gasteiger partial charge in [0.1, 0.15) is 17.4 Å². The number of piperazine rings is 1. The molecule has 1 atom stereocenters. The number of aryl methyl sites for hydroxylation is 1. The molecular weight excluding hydrogens is 402 g/mol. The van der Waals surface area contributed by atoms with E-state index < -0.39 is 6.04 Å². The van der Waals surface area contributed by atoms with Gasteiger partial charge in [0, 0.05) is 45.7 Å². The molecule has 3 aliphatic rings. The summed E-state index contributed by atoms with van der Waals surface area (Å²) < 4.78 is 15.6. The first kappa shape index (κ1) is 19.8. The molecule has 0 spiro atoms. The molecule has 3 aliphatic heterocycles. The van der Waals surface area contributed by atoms with Gasteiger partial charge in [-0.3, -0.25) is 14.5 Å². The molecule has 0 radical (unpaired) electrons. The van der Waals surface area contributed by atoms with Crippen LogP contribution in [-0.4, -0.2) is 75.8 Å². The van der Waals surface area contributed by atoms with Crippen LogP contribution in [0.15, 0.2) is 22.8 Å². The number of amides is 2. The van der Waals surface area contributed by atoms with Gasteiger partial charge in [0.05, 0.1) is 0 Å². The second-order valence-electron chi connectivity index (χ2n) is 8.16. The summed E-state index contributed by atoms with van der Waals surface area (Å²) in [6.07, 6.45) is 0.964. The minimum atomic E-state index is -0.411. The van der Waals surface area contributed by atoms with Crippen LogP contribution in [0.25, 0.3) is 0 Å². The van der Waals surface area contributed by atoms with E-state index in [1.165, 1.54) is 0 Å². The molecule has 2 aromatic rings. The molecule has 10 nitrogen and oxygen atoms in total. The van der Waals surface area contributed by atoms with Crippen molar-refractivity contribution in [3.05, 3.63) is 35.2 Å². The van der Waals surface area contributed by atoms with Crippen molar-refractivity contribution in [3.8, 4) is 11.5 Å². The average Bonchev–Trinajstić information content (AvgIpc) is 3.50. The van der Waals surface area contributed by atoms with Crippen LogP contribution in [0.3, 0.4) is 0 Å². The Balaban J connectivity index is 1.20. The van der Waals surface area contributed by atoms with E-state index in [9.17, 15) is 9.59 Å². The van der Waals surface area contributed by atoms with E-state index in [-0.39, 0.29) is 18.6 Å². The number of carbonyl (C=O) groups excluding carboxylic acids is 2. The third-order valence-corrected chi connectivity index (χ3v) is 6.21. The van der Waals surface area contributed by atoms with Crippen molar-refractivity contribution in [1.29, 1.82) is 0 Å². The lowest BCUT2D eigenvalue weighted by atomic mass is 10.1. The average molecular weight is 427 g/mol. The maximum absolute atomic E-state index is 13.2.